The SMILES string of the molecule is CCOC(=O)c1[nH]c(C)c(-c2ccccc2)c1-c1ccccc1. The van der Waals surface area contributed by atoms with Gasteiger partial charge in [-0.15, -0.1) is 0 Å². The number of hydrogen-bond donors (Lipinski definition) is 1. The molecule has 0 saturated heterocycles. The number of ether oxygens (including phenoxy) is 1. The van der Waals surface area contributed by atoms with Crippen LogP contribution in [0.3, 0.4) is 0 Å². The van der Waals surface area contributed by atoms with E-state index in [0.29, 0.717) is 12.3 Å². The minimum Gasteiger partial charge on any atom is -0.461 e. The zero-order chi connectivity index (χ0) is 16.2. The van der Waals surface area contributed by atoms with Crippen molar-refractivity contribution in [1.82, 2.24) is 4.98 Å². The third kappa shape index (κ3) is 2.90. The first-order chi connectivity index (χ1) is 11.2. The largest absolute Gasteiger partial charge is 0.461 e. The lowest BCUT2D eigenvalue weighted by Gasteiger charge is -2.08. The highest BCUT2D eigenvalue weighted by Crippen LogP contribution is 2.38. The molecule has 116 valence electrons. The average Bonchev–Trinajstić information content (AvgIpc) is 2.94. The van der Waals surface area contributed by atoms with Gasteiger partial charge in [0, 0.05) is 16.8 Å². The maximum Gasteiger partial charge on any atom is 0.355 e. The summed E-state index contributed by atoms with van der Waals surface area (Å²) < 4.78 is 5.22. The van der Waals surface area contributed by atoms with E-state index >= 15 is 0 Å². The number of aromatic amines is 1. The second kappa shape index (κ2) is 6.53. The molecule has 0 fully saturated rings. The molecule has 1 heterocycles. The molecule has 3 nitrogen and oxygen atoms in total. The average molecular weight is 305 g/mol. The van der Waals surface area contributed by atoms with Crippen LogP contribution in [0.5, 0.6) is 0 Å². The van der Waals surface area contributed by atoms with E-state index in [-0.39, 0.29) is 5.97 Å². The minimum atomic E-state index is -0.323. The highest BCUT2D eigenvalue weighted by atomic mass is 16.5. The Morgan fingerprint density at radius 1 is 0.913 bits per heavy atom. The lowest BCUT2D eigenvalue weighted by Crippen LogP contribution is -2.06. The van der Waals surface area contributed by atoms with Gasteiger partial charge in [-0.2, -0.15) is 0 Å². The Labute approximate surface area is 135 Å². The minimum absolute atomic E-state index is 0.323. The second-order valence-electron chi connectivity index (χ2n) is 5.33. The molecule has 23 heavy (non-hydrogen) atoms. The lowest BCUT2D eigenvalue weighted by atomic mass is 9.95. The van der Waals surface area contributed by atoms with Gasteiger partial charge in [0.25, 0.3) is 0 Å². The number of H-pyrrole nitrogens is 1. The number of hydrogen-bond acceptors (Lipinski definition) is 2. The fraction of sp³-hybridized carbons (Fsp3) is 0.150. The first-order valence-electron chi connectivity index (χ1n) is 7.73. The number of carbonyl (C=O) groups excluding carboxylic acids is 1. The van der Waals surface area contributed by atoms with Crippen LogP contribution in [0.1, 0.15) is 23.1 Å². The van der Waals surface area contributed by atoms with Gasteiger partial charge in [0.05, 0.1) is 6.61 Å². The van der Waals surface area contributed by atoms with Crippen molar-refractivity contribution in [2.45, 2.75) is 13.8 Å². The molecule has 1 N–H and O–H groups in total. The molecule has 0 unspecified atom stereocenters. The second-order valence-corrected chi connectivity index (χ2v) is 5.33. The van der Waals surface area contributed by atoms with Crippen LogP contribution in [0.2, 0.25) is 0 Å². The molecule has 1 aromatic heterocycles. The zero-order valence-electron chi connectivity index (χ0n) is 13.3. The van der Waals surface area contributed by atoms with Gasteiger partial charge >= 0.3 is 5.97 Å². The monoisotopic (exact) mass is 305 g/mol. The Balaban J connectivity index is 2.26. The summed E-state index contributed by atoms with van der Waals surface area (Å²) in [5.74, 6) is -0.323. The van der Waals surface area contributed by atoms with Crippen LogP contribution in [0.15, 0.2) is 60.7 Å². The van der Waals surface area contributed by atoms with Crippen molar-refractivity contribution in [2.24, 2.45) is 0 Å². The molecule has 3 rings (SSSR count). The maximum atomic E-state index is 12.4. The van der Waals surface area contributed by atoms with Crippen LogP contribution in [0.4, 0.5) is 0 Å². The predicted octanol–water partition coefficient (Wildman–Crippen LogP) is 4.83. The highest BCUT2D eigenvalue weighted by Gasteiger charge is 2.23. The van der Waals surface area contributed by atoms with Crippen molar-refractivity contribution >= 4 is 5.97 Å². The van der Waals surface area contributed by atoms with Gasteiger partial charge in [0.1, 0.15) is 5.69 Å². The highest BCUT2D eigenvalue weighted by molar-refractivity contribution is 6.02. The fourth-order valence-electron chi connectivity index (χ4n) is 2.84. The normalized spacial score (nSPS) is 10.5. The summed E-state index contributed by atoms with van der Waals surface area (Å²) in [7, 11) is 0. The Kier molecular flexibility index (Phi) is 4.29. The van der Waals surface area contributed by atoms with E-state index < -0.39 is 0 Å². The van der Waals surface area contributed by atoms with E-state index in [1.54, 1.807) is 0 Å². The van der Waals surface area contributed by atoms with Crippen molar-refractivity contribution in [3.8, 4) is 22.3 Å². The Hall–Kier alpha value is -2.81. The summed E-state index contributed by atoms with van der Waals surface area (Å²) in [6, 6.07) is 20.0. The van der Waals surface area contributed by atoms with Crippen LogP contribution in [-0.4, -0.2) is 17.6 Å². The van der Waals surface area contributed by atoms with E-state index in [4.69, 9.17) is 4.74 Å². The van der Waals surface area contributed by atoms with Gasteiger partial charge in [0.2, 0.25) is 0 Å². The number of aromatic nitrogens is 1. The Morgan fingerprint density at radius 3 is 1.96 bits per heavy atom. The molecule has 0 aliphatic rings. The molecule has 0 saturated carbocycles. The predicted molar refractivity (Wildman–Crippen MR) is 92.4 cm³/mol. The molecule has 2 aromatic carbocycles. The van der Waals surface area contributed by atoms with Crippen molar-refractivity contribution < 1.29 is 9.53 Å². The lowest BCUT2D eigenvalue weighted by molar-refractivity contribution is 0.0521. The summed E-state index contributed by atoms with van der Waals surface area (Å²) >= 11 is 0. The number of rotatable bonds is 4. The van der Waals surface area contributed by atoms with Gasteiger partial charge < -0.3 is 9.72 Å². The standard InChI is InChI=1S/C20H19NO2/c1-3-23-20(22)19-18(16-12-8-5-9-13-16)17(14(2)21-19)15-10-6-4-7-11-15/h4-13,21H,3H2,1-2H3. The molecule has 3 aromatic rings. The zero-order valence-corrected chi connectivity index (χ0v) is 13.3. The molecule has 0 atom stereocenters. The van der Waals surface area contributed by atoms with E-state index in [1.165, 1.54) is 0 Å². The van der Waals surface area contributed by atoms with E-state index in [9.17, 15) is 4.79 Å². The number of aryl methyl sites for hydroxylation is 1. The summed E-state index contributed by atoms with van der Waals surface area (Å²) in [4.78, 5) is 15.6. The Bertz CT molecular complexity index is 804. The molecule has 0 radical (unpaired) electrons. The summed E-state index contributed by atoms with van der Waals surface area (Å²) in [5.41, 5.74) is 5.48. The van der Waals surface area contributed by atoms with Gasteiger partial charge in [-0.05, 0) is 25.0 Å². The van der Waals surface area contributed by atoms with Gasteiger partial charge in [-0.3, -0.25) is 0 Å². The van der Waals surface area contributed by atoms with E-state index in [1.807, 2.05) is 62.4 Å². The first-order valence-corrected chi connectivity index (χ1v) is 7.73. The van der Waals surface area contributed by atoms with Gasteiger partial charge in [0.15, 0.2) is 0 Å². The first kappa shape index (κ1) is 15.1. The smallest absolute Gasteiger partial charge is 0.355 e. The third-order valence-corrected chi connectivity index (χ3v) is 3.79. The topological polar surface area (TPSA) is 42.1 Å². The molecule has 0 aliphatic carbocycles. The number of benzene rings is 2. The quantitative estimate of drug-likeness (QED) is 0.701. The third-order valence-electron chi connectivity index (χ3n) is 3.79. The Morgan fingerprint density at radius 2 is 1.43 bits per heavy atom. The molecule has 0 spiro atoms. The summed E-state index contributed by atoms with van der Waals surface area (Å²) in [6.45, 7) is 4.15. The van der Waals surface area contributed by atoms with E-state index in [0.717, 1.165) is 27.9 Å². The van der Waals surface area contributed by atoms with Crippen LogP contribution in [0.25, 0.3) is 22.3 Å². The fourth-order valence-corrected chi connectivity index (χ4v) is 2.84. The van der Waals surface area contributed by atoms with Gasteiger partial charge in [-0.1, -0.05) is 60.7 Å². The number of carbonyl (C=O) groups is 1. The molecule has 0 aliphatic heterocycles. The molecule has 0 amide bonds. The van der Waals surface area contributed by atoms with E-state index in [2.05, 4.69) is 17.1 Å². The number of esters is 1. The summed E-state index contributed by atoms with van der Waals surface area (Å²) in [5, 5.41) is 0. The van der Waals surface area contributed by atoms with Crippen LogP contribution in [-0.2, 0) is 4.74 Å². The van der Waals surface area contributed by atoms with Gasteiger partial charge in [-0.25, -0.2) is 4.79 Å². The molecular weight excluding hydrogens is 286 g/mol. The van der Waals surface area contributed by atoms with Crippen molar-refractivity contribution in [1.29, 1.82) is 0 Å². The molecular formula is C20H19NO2. The van der Waals surface area contributed by atoms with Crippen molar-refractivity contribution in [3.05, 3.63) is 72.1 Å². The maximum absolute atomic E-state index is 12.4. The van der Waals surface area contributed by atoms with Crippen molar-refractivity contribution in [2.75, 3.05) is 6.61 Å². The molecule has 3 heteroatoms. The van der Waals surface area contributed by atoms with Crippen LogP contribution < -0.4 is 0 Å². The van der Waals surface area contributed by atoms with Crippen molar-refractivity contribution in [3.63, 3.8) is 0 Å². The number of nitrogens with one attached hydrogen (secondary N) is 1. The van der Waals surface area contributed by atoms with Crippen LogP contribution >= 0.6 is 0 Å². The van der Waals surface area contributed by atoms with Crippen LogP contribution in [0, 0.1) is 6.92 Å². The summed E-state index contributed by atoms with van der Waals surface area (Å²) in [6.07, 6.45) is 0. The molecule has 0 bridgehead atoms.